The molecule has 0 aromatic rings. The number of alkyl halides is 3. The lowest BCUT2D eigenvalue weighted by Crippen LogP contribution is -2.22. The molecule has 1 aliphatic carbocycles. The van der Waals surface area contributed by atoms with Gasteiger partial charge in [-0.1, -0.05) is 13.8 Å². The number of hydrogen-bond donors (Lipinski definition) is 0. The zero-order chi connectivity index (χ0) is 10.8. The summed E-state index contributed by atoms with van der Waals surface area (Å²) in [6.07, 6.45) is 3.39. The summed E-state index contributed by atoms with van der Waals surface area (Å²) in [6.45, 7) is 4.31. The first-order valence-electron chi connectivity index (χ1n) is 5.13. The van der Waals surface area contributed by atoms with Crippen molar-refractivity contribution in [2.45, 2.75) is 50.3 Å². The second-order valence-electron chi connectivity index (χ2n) is 4.34. The lowest BCUT2D eigenvalue weighted by Gasteiger charge is -2.30. The van der Waals surface area contributed by atoms with Crippen LogP contribution in [0.15, 0.2) is 0 Å². The van der Waals surface area contributed by atoms with Crippen molar-refractivity contribution in [1.29, 1.82) is 0 Å². The van der Waals surface area contributed by atoms with E-state index in [0.717, 1.165) is 25.7 Å². The van der Waals surface area contributed by atoms with E-state index in [1.165, 1.54) is 0 Å². The van der Waals surface area contributed by atoms with Crippen LogP contribution < -0.4 is 0 Å². The number of rotatable bonds is 2. The highest BCUT2D eigenvalue weighted by Crippen LogP contribution is 2.42. The molecule has 0 aromatic carbocycles. The Kier molecular flexibility index (Phi) is 4.16. The molecule has 0 radical (unpaired) electrons. The zero-order valence-corrected chi connectivity index (χ0v) is 9.42. The summed E-state index contributed by atoms with van der Waals surface area (Å²) in [7, 11) is 0. The van der Waals surface area contributed by atoms with Gasteiger partial charge in [0.2, 0.25) is 0 Å². The van der Waals surface area contributed by atoms with Gasteiger partial charge in [-0.3, -0.25) is 0 Å². The van der Waals surface area contributed by atoms with Crippen LogP contribution in [-0.4, -0.2) is 10.8 Å². The standard InChI is InChI=1S/C10H17F3S/c1-7(2)8-3-5-9(6-4-8)14-10(11,12)13/h7-9H,3-6H2,1-2H3. The maximum Gasteiger partial charge on any atom is 0.442 e. The third-order valence-electron chi connectivity index (χ3n) is 2.96. The van der Waals surface area contributed by atoms with Gasteiger partial charge in [-0.2, -0.15) is 13.2 Å². The first-order valence-corrected chi connectivity index (χ1v) is 6.01. The lowest BCUT2D eigenvalue weighted by atomic mass is 9.81. The fraction of sp³-hybridized carbons (Fsp3) is 1.00. The van der Waals surface area contributed by atoms with Gasteiger partial charge in [0.05, 0.1) is 0 Å². The van der Waals surface area contributed by atoms with Crippen LogP contribution in [0.3, 0.4) is 0 Å². The molecule has 0 amide bonds. The van der Waals surface area contributed by atoms with E-state index in [-0.39, 0.29) is 17.0 Å². The summed E-state index contributed by atoms with van der Waals surface area (Å²) in [6, 6.07) is 0. The molecule has 0 aromatic heterocycles. The highest BCUT2D eigenvalue weighted by molar-refractivity contribution is 8.00. The van der Waals surface area contributed by atoms with Crippen molar-refractivity contribution in [3.63, 3.8) is 0 Å². The maximum atomic E-state index is 12.1. The molecule has 0 unspecified atom stereocenters. The van der Waals surface area contributed by atoms with Gasteiger partial charge in [-0.15, -0.1) is 0 Å². The van der Waals surface area contributed by atoms with Gasteiger partial charge in [0.1, 0.15) is 0 Å². The Labute approximate surface area is 87.6 Å². The first kappa shape index (κ1) is 12.2. The van der Waals surface area contributed by atoms with Crippen LogP contribution in [0.4, 0.5) is 13.2 Å². The number of thioether (sulfide) groups is 1. The summed E-state index contributed by atoms with van der Waals surface area (Å²) in [5.41, 5.74) is -4.05. The molecule has 0 atom stereocenters. The minimum absolute atomic E-state index is 0.190. The van der Waals surface area contributed by atoms with Gasteiger partial charge in [0, 0.05) is 5.25 Å². The lowest BCUT2D eigenvalue weighted by molar-refractivity contribution is -0.0337. The predicted octanol–water partition coefficient (Wildman–Crippen LogP) is 4.45. The van der Waals surface area contributed by atoms with Crippen molar-refractivity contribution in [3.8, 4) is 0 Å². The number of halogens is 3. The van der Waals surface area contributed by atoms with Crippen LogP contribution in [-0.2, 0) is 0 Å². The Morgan fingerprint density at radius 1 is 1.07 bits per heavy atom. The summed E-state index contributed by atoms with van der Waals surface area (Å²) in [5, 5.41) is -0.190. The number of hydrogen-bond acceptors (Lipinski definition) is 1. The minimum Gasteiger partial charge on any atom is -0.160 e. The molecule has 0 spiro atoms. The molecule has 1 fully saturated rings. The Hall–Kier alpha value is 0.140. The van der Waals surface area contributed by atoms with Crippen LogP contribution in [0.5, 0.6) is 0 Å². The van der Waals surface area contributed by atoms with Crippen molar-refractivity contribution in [1.82, 2.24) is 0 Å². The third-order valence-corrected chi connectivity index (χ3v) is 4.03. The van der Waals surface area contributed by atoms with E-state index in [4.69, 9.17) is 0 Å². The average Bonchev–Trinajstić information content (AvgIpc) is 2.02. The van der Waals surface area contributed by atoms with E-state index in [2.05, 4.69) is 13.8 Å². The molecule has 4 heteroatoms. The SMILES string of the molecule is CC(C)C1CCC(SC(F)(F)F)CC1. The van der Waals surface area contributed by atoms with Gasteiger partial charge in [0.15, 0.2) is 0 Å². The topological polar surface area (TPSA) is 0 Å². The molecule has 0 aliphatic heterocycles. The fourth-order valence-corrected chi connectivity index (χ4v) is 2.95. The van der Waals surface area contributed by atoms with Gasteiger partial charge >= 0.3 is 5.51 Å². The highest BCUT2D eigenvalue weighted by Gasteiger charge is 2.35. The van der Waals surface area contributed by atoms with E-state index in [0.29, 0.717) is 11.8 Å². The van der Waals surface area contributed by atoms with Crippen molar-refractivity contribution in [2.75, 3.05) is 0 Å². The van der Waals surface area contributed by atoms with Crippen molar-refractivity contribution >= 4 is 11.8 Å². The minimum atomic E-state index is -4.05. The van der Waals surface area contributed by atoms with Gasteiger partial charge in [-0.05, 0) is 49.3 Å². The van der Waals surface area contributed by atoms with E-state index in [1.54, 1.807) is 0 Å². The second-order valence-corrected chi connectivity index (χ2v) is 5.71. The molecule has 0 saturated heterocycles. The molecular formula is C10H17F3S. The molecule has 84 valence electrons. The summed E-state index contributed by atoms with van der Waals surface area (Å²) in [4.78, 5) is 0. The van der Waals surface area contributed by atoms with Crippen LogP contribution in [0, 0.1) is 11.8 Å². The van der Waals surface area contributed by atoms with Crippen LogP contribution >= 0.6 is 11.8 Å². The van der Waals surface area contributed by atoms with Crippen LogP contribution in [0.25, 0.3) is 0 Å². The first-order chi connectivity index (χ1) is 6.38. The Morgan fingerprint density at radius 3 is 1.93 bits per heavy atom. The smallest absolute Gasteiger partial charge is 0.160 e. The van der Waals surface area contributed by atoms with Crippen molar-refractivity contribution < 1.29 is 13.2 Å². The van der Waals surface area contributed by atoms with Crippen LogP contribution in [0.1, 0.15) is 39.5 Å². The summed E-state index contributed by atoms with van der Waals surface area (Å²) in [5.74, 6) is 1.26. The molecule has 1 rings (SSSR count). The predicted molar refractivity (Wildman–Crippen MR) is 54.2 cm³/mol. The second kappa shape index (κ2) is 4.77. The Morgan fingerprint density at radius 2 is 1.57 bits per heavy atom. The van der Waals surface area contributed by atoms with Gasteiger partial charge in [0.25, 0.3) is 0 Å². The highest BCUT2D eigenvalue weighted by atomic mass is 32.2. The molecule has 0 heterocycles. The average molecular weight is 226 g/mol. The third kappa shape index (κ3) is 4.11. The van der Waals surface area contributed by atoms with E-state index in [1.807, 2.05) is 0 Å². The molecule has 14 heavy (non-hydrogen) atoms. The van der Waals surface area contributed by atoms with Crippen molar-refractivity contribution in [2.24, 2.45) is 11.8 Å². The molecule has 1 aliphatic rings. The van der Waals surface area contributed by atoms with Gasteiger partial charge < -0.3 is 0 Å². The molecule has 0 nitrogen and oxygen atoms in total. The largest absolute Gasteiger partial charge is 0.442 e. The molecular weight excluding hydrogens is 209 g/mol. The quantitative estimate of drug-likeness (QED) is 0.670. The van der Waals surface area contributed by atoms with Crippen molar-refractivity contribution in [3.05, 3.63) is 0 Å². The van der Waals surface area contributed by atoms with E-state index < -0.39 is 5.51 Å². The summed E-state index contributed by atoms with van der Waals surface area (Å²) >= 11 is 0.191. The summed E-state index contributed by atoms with van der Waals surface area (Å²) < 4.78 is 36.2. The Balaban J connectivity index is 2.29. The molecule has 1 saturated carbocycles. The van der Waals surface area contributed by atoms with E-state index >= 15 is 0 Å². The normalized spacial score (nSPS) is 29.6. The van der Waals surface area contributed by atoms with Gasteiger partial charge in [-0.25, -0.2) is 0 Å². The zero-order valence-electron chi connectivity index (χ0n) is 8.60. The monoisotopic (exact) mass is 226 g/mol. The molecule has 0 bridgehead atoms. The molecule has 0 N–H and O–H groups in total. The van der Waals surface area contributed by atoms with Crippen LogP contribution in [0.2, 0.25) is 0 Å². The van der Waals surface area contributed by atoms with E-state index in [9.17, 15) is 13.2 Å². The maximum absolute atomic E-state index is 12.1. The Bertz CT molecular complexity index is 169. The fourth-order valence-electron chi connectivity index (χ4n) is 2.06.